The summed E-state index contributed by atoms with van der Waals surface area (Å²) >= 11 is 0. The van der Waals surface area contributed by atoms with Crippen molar-refractivity contribution < 1.29 is 4.79 Å². The lowest BCUT2D eigenvalue weighted by atomic mass is 9.76. The Kier molecular flexibility index (Phi) is 5.85. The predicted octanol–water partition coefficient (Wildman–Crippen LogP) is 1.76. The lowest BCUT2D eigenvalue weighted by Crippen LogP contribution is -2.52. The van der Waals surface area contributed by atoms with Crippen LogP contribution in [0.5, 0.6) is 0 Å². The summed E-state index contributed by atoms with van der Waals surface area (Å²) in [4.78, 5) is 15.2. The summed E-state index contributed by atoms with van der Waals surface area (Å²) in [6.45, 7) is 9.43. The van der Waals surface area contributed by atoms with E-state index in [2.05, 4.69) is 29.4 Å². The van der Waals surface area contributed by atoms with Crippen LogP contribution in [0.15, 0.2) is 0 Å². The molecule has 0 aromatic carbocycles. The van der Waals surface area contributed by atoms with Gasteiger partial charge in [0.25, 0.3) is 0 Å². The molecule has 1 amide bonds. The summed E-state index contributed by atoms with van der Waals surface area (Å²) in [5, 5.41) is 6.68. The third-order valence-electron chi connectivity index (χ3n) is 5.09. The normalized spacial score (nSPS) is 31.4. The molecule has 2 unspecified atom stereocenters. The topological polar surface area (TPSA) is 44.4 Å². The molecule has 0 spiro atoms. The van der Waals surface area contributed by atoms with Gasteiger partial charge in [0.1, 0.15) is 0 Å². The van der Waals surface area contributed by atoms with Gasteiger partial charge in [-0.1, -0.05) is 20.3 Å². The van der Waals surface area contributed by atoms with Gasteiger partial charge in [-0.15, -0.1) is 0 Å². The number of piperidine rings is 1. The highest BCUT2D eigenvalue weighted by atomic mass is 16.2. The van der Waals surface area contributed by atoms with Crippen molar-refractivity contribution in [1.29, 1.82) is 0 Å². The molecule has 2 saturated heterocycles. The molecule has 20 heavy (non-hydrogen) atoms. The molecule has 116 valence electrons. The van der Waals surface area contributed by atoms with Crippen molar-refractivity contribution in [2.45, 2.75) is 58.4 Å². The van der Waals surface area contributed by atoms with E-state index < -0.39 is 0 Å². The molecular weight excluding hydrogens is 250 g/mol. The first-order valence-electron chi connectivity index (χ1n) is 8.45. The van der Waals surface area contributed by atoms with E-state index in [-0.39, 0.29) is 11.3 Å². The quantitative estimate of drug-likeness (QED) is 0.780. The third-order valence-corrected chi connectivity index (χ3v) is 5.09. The maximum atomic E-state index is 12.7. The van der Waals surface area contributed by atoms with Gasteiger partial charge in [0.2, 0.25) is 5.91 Å². The minimum absolute atomic E-state index is 0.150. The molecule has 0 saturated carbocycles. The smallest absolute Gasteiger partial charge is 0.227 e. The Labute approximate surface area is 123 Å². The fraction of sp³-hybridized carbons (Fsp3) is 0.938. The summed E-state index contributed by atoms with van der Waals surface area (Å²) in [5.41, 5.74) is -0.150. The second kappa shape index (κ2) is 7.41. The lowest BCUT2D eigenvalue weighted by molar-refractivity contribution is -0.132. The van der Waals surface area contributed by atoms with Crippen molar-refractivity contribution in [3.63, 3.8) is 0 Å². The molecule has 2 N–H and O–H groups in total. The second-order valence-corrected chi connectivity index (χ2v) is 6.45. The van der Waals surface area contributed by atoms with E-state index in [1.165, 1.54) is 19.4 Å². The molecule has 2 fully saturated rings. The number of carbonyl (C=O) groups excluding carboxylic acids is 1. The fourth-order valence-electron chi connectivity index (χ4n) is 3.91. The zero-order valence-electron chi connectivity index (χ0n) is 13.2. The Morgan fingerprint density at radius 2 is 2.25 bits per heavy atom. The van der Waals surface area contributed by atoms with E-state index in [1.54, 1.807) is 0 Å². The Bertz CT molecular complexity index is 307. The van der Waals surface area contributed by atoms with Gasteiger partial charge in [0.15, 0.2) is 0 Å². The minimum atomic E-state index is -0.150. The number of nitrogens with one attached hydrogen (secondary N) is 2. The monoisotopic (exact) mass is 281 g/mol. The van der Waals surface area contributed by atoms with Gasteiger partial charge in [0, 0.05) is 19.1 Å². The zero-order valence-corrected chi connectivity index (χ0v) is 13.2. The van der Waals surface area contributed by atoms with Gasteiger partial charge >= 0.3 is 0 Å². The van der Waals surface area contributed by atoms with E-state index in [0.717, 1.165) is 51.9 Å². The standard InChI is InChI=1S/C16H31N3O/c1-3-8-16(9-6-10-17-13-16)15(20)18-12-14-7-5-11-19(14)4-2/h14,17H,3-13H2,1-2H3,(H,18,20). The van der Waals surface area contributed by atoms with Crippen LogP contribution in [0, 0.1) is 5.41 Å². The Morgan fingerprint density at radius 1 is 1.40 bits per heavy atom. The molecule has 4 nitrogen and oxygen atoms in total. The van der Waals surface area contributed by atoms with Gasteiger partial charge < -0.3 is 10.6 Å². The largest absolute Gasteiger partial charge is 0.354 e. The van der Waals surface area contributed by atoms with Crippen molar-refractivity contribution >= 4 is 5.91 Å². The summed E-state index contributed by atoms with van der Waals surface area (Å²) in [7, 11) is 0. The van der Waals surface area contributed by atoms with Crippen molar-refractivity contribution in [3.8, 4) is 0 Å². The number of nitrogens with zero attached hydrogens (tertiary/aromatic N) is 1. The molecule has 4 heteroatoms. The number of hydrogen-bond acceptors (Lipinski definition) is 3. The average molecular weight is 281 g/mol. The number of carbonyl (C=O) groups is 1. The molecule has 0 radical (unpaired) electrons. The first kappa shape index (κ1) is 15.8. The molecule has 0 aliphatic carbocycles. The van der Waals surface area contributed by atoms with E-state index >= 15 is 0 Å². The Morgan fingerprint density at radius 3 is 2.90 bits per heavy atom. The van der Waals surface area contributed by atoms with E-state index in [1.807, 2.05) is 0 Å². The van der Waals surface area contributed by atoms with Crippen LogP contribution in [0.25, 0.3) is 0 Å². The van der Waals surface area contributed by atoms with Gasteiger partial charge in [-0.05, 0) is 51.7 Å². The van der Waals surface area contributed by atoms with Crippen LogP contribution in [-0.4, -0.2) is 49.6 Å². The van der Waals surface area contributed by atoms with Gasteiger partial charge in [-0.2, -0.15) is 0 Å². The summed E-state index contributed by atoms with van der Waals surface area (Å²) in [6, 6.07) is 0.555. The maximum Gasteiger partial charge on any atom is 0.227 e. The summed E-state index contributed by atoms with van der Waals surface area (Å²) in [6.07, 6.45) is 6.76. The molecule has 0 aromatic heterocycles. The van der Waals surface area contributed by atoms with E-state index in [9.17, 15) is 4.79 Å². The van der Waals surface area contributed by atoms with Crippen molar-refractivity contribution in [2.24, 2.45) is 5.41 Å². The number of hydrogen-bond donors (Lipinski definition) is 2. The zero-order chi connectivity index (χ0) is 14.4. The van der Waals surface area contributed by atoms with Crippen molar-refractivity contribution in [1.82, 2.24) is 15.5 Å². The highest BCUT2D eigenvalue weighted by molar-refractivity contribution is 5.83. The highest BCUT2D eigenvalue weighted by Crippen LogP contribution is 2.32. The van der Waals surface area contributed by atoms with Crippen molar-refractivity contribution in [2.75, 3.05) is 32.7 Å². The Hall–Kier alpha value is -0.610. The minimum Gasteiger partial charge on any atom is -0.354 e. The number of likely N-dealkylation sites (N-methyl/N-ethyl adjacent to an activating group) is 1. The molecule has 2 aliphatic heterocycles. The van der Waals surface area contributed by atoms with Gasteiger partial charge in [-0.25, -0.2) is 0 Å². The molecule has 2 atom stereocenters. The molecule has 2 rings (SSSR count). The first-order chi connectivity index (χ1) is 9.72. The second-order valence-electron chi connectivity index (χ2n) is 6.45. The van der Waals surface area contributed by atoms with Crippen LogP contribution in [0.1, 0.15) is 52.4 Å². The van der Waals surface area contributed by atoms with Gasteiger partial charge in [-0.3, -0.25) is 9.69 Å². The molecular formula is C16H31N3O. The molecule has 2 aliphatic rings. The Balaban J connectivity index is 1.88. The molecule has 0 bridgehead atoms. The number of rotatable bonds is 6. The highest BCUT2D eigenvalue weighted by Gasteiger charge is 2.38. The lowest BCUT2D eigenvalue weighted by Gasteiger charge is -2.37. The average Bonchev–Trinajstić information content (AvgIpc) is 2.93. The van der Waals surface area contributed by atoms with Crippen LogP contribution in [0.3, 0.4) is 0 Å². The van der Waals surface area contributed by atoms with Crippen LogP contribution >= 0.6 is 0 Å². The fourth-order valence-corrected chi connectivity index (χ4v) is 3.91. The van der Waals surface area contributed by atoms with E-state index in [0.29, 0.717) is 6.04 Å². The SMILES string of the molecule is CCCC1(C(=O)NCC2CCCN2CC)CCCNC1. The van der Waals surface area contributed by atoms with E-state index in [4.69, 9.17) is 0 Å². The first-order valence-corrected chi connectivity index (χ1v) is 8.45. The van der Waals surface area contributed by atoms with Crippen molar-refractivity contribution in [3.05, 3.63) is 0 Å². The van der Waals surface area contributed by atoms with Crippen LogP contribution in [-0.2, 0) is 4.79 Å². The summed E-state index contributed by atoms with van der Waals surface area (Å²) < 4.78 is 0. The maximum absolute atomic E-state index is 12.7. The van der Waals surface area contributed by atoms with Crippen LogP contribution < -0.4 is 10.6 Å². The van der Waals surface area contributed by atoms with Gasteiger partial charge in [0.05, 0.1) is 5.41 Å². The molecule has 2 heterocycles. The predicted molar refractivity (Wildman–Crippen MR) is 82.7 cm³/mol. The summed E-state index contributed by atoms with van der Waals surface area (Å²) in [5.74, 6) is 0.287. The molecule has 0 aromatic rings. The van der Waals surface area contributed by atoms with Crippen LogP contribution in [0.2, 0.25) is 0 Å². The number of amides is 1. The number of likely N-dealkylation sites (tertiary alicyclic amines) is 1. The third kappa shape index (κ3) is 3.53. The van der Waals surface area contributed by atoms with Crippen LogP contribution in [0.4, 0.5) is 0 Å².